The van der Waals surface area contributed by atoms with Gasteiger partial charge in [0.1, 0.15) is 0 Å². The Bertz CT molecular complexity index is 621. The Morgan fingerprint density at radius 1 is 1.36 bits per heavy atom. The van der Waals surface area contributed by atoms with Gasteiger partial charge in [-0.05, 0) is 30.2 Å². The molecule has 1 heterocycles. The van der Waals surface area contributed by atoms with Crippen LogP contribution < -0.4 is 11.1 Å². The quantitative estimate of drug-likeness (QED) is 0.630. The van der Waals surface area contributed by atoms with Crippen molar-refractivity contribution in [1.82, 2.24) is 15.5 Å². The first kappa shape index (κ1) is 16.3. The number of nitrogens with zero attached hydrogens (tertiary/aromatic N) is 3. The summed E-state index contributed by atoms with van der Waals surface area (Å²) >= 11 is 5.85. The zero-order chi connectivity index (χ0) is 15.9. The second kappa shape index (κ2) is 7.79. The second-order valence-corrected chi connectivity index (χ2v) is 5.75. The first-order valence-corrected chi connectivity index (χ1v) is 7.54. The second-order valence-electron chi connectivity index (χ2n) is 5.32. The number of benzene rings is 1. The minimum atomic E-state index is 0.436. The van der Waals surface area contributed by atoms with E-state index in [1.807, 2.05) is 12.1 Å². The van der Waals surface area contributed by atoms with Gasteiger partial charge >= 0.3 is 0 Å². The Balaban J connectivity index is 1.85. The van der Waals surface area contributed by atoms with Crippen LogP contribution in [0.3, 0.4) is 0 Å². The Kier molecular flexibility index (Phi) is 5.77. The van der Waals surface area contributed by atoms with E-state index >= 15 is 0 Å². The normalized spacial score (nSPS) is 11.9. The molecule has 0 radical (unpaired) electrons. The van der Waals surface area contributed by atoms with E-state index in [4.69, 9.17) is 21.9 Å². The topological polar surface area (TPSA) is 89.3 Å². The van der Waals surface area contributed by atoms with Gasteiger partial charge in [-0.1, -0.05) is 30.6 Å². The number of halogens is 1. The predicted molar refractivity (Wildman–Crippen MR) is 87.8 cm³/mol. The van der Waals surface area contributed by atoms with E-state index in [-0.39, 0.29) is 0 Å². The summed E-state index contributed by atoms with van der Waals surface area (Å²) in [5.74, 6) is 2.02. The average Bonchev–Trinajstić information content (AvgIpc) is 2.95. The van der Waals surface area contributed by atoms with Crippen molar-refractivity contribution >= 4 is 17.6 Å². The van der Waals surface area contributed by atoms with Gasteiger partial charge in [-0.15, -0.1) is 0 Å². The van der Waals surface area contributed by atoms with E-state index in [0.29, 0.717) is 48.1 Å². The van der Waals surface area contributed by atoms with Crippen molar-refractivity contribution in [1.29, 1.82) is 0 Å². The minimum absolute atomic E-state index is 0.436. The molecule has 1 aromatic carbocycles. The molecule has 118 valence electrons. The number of nitrogens with two attached hydrogens (primary N) is 1. The van der Waals surface area contributed by atoms with Gasteiger partial charge in [0, 0.05) is 30.1 Å². The standard InChI is InChI=1S/C15H20ClN5O/c1-10(2)9-19-15(17)18-8-7-13-20-14(21-22-13)11-3-5-12(16)6-4-11/h3-6,10H,7-9H2,1-2H3,(H3,17,18,19). The van der Waals surface area contributed by atoms with Gasteiger partial charge in [-0.25, -0.2) is 0 Å². The Hall–Kier alpha value is -2.08. The van der Waals surface area contributed by atoms with Crippen LogP contribution in [-0.4, -0.2) is 29.2 Å². The van der Waals surface area contributed by atoms with Crippen LogP contribution in [0.2, 0.25) is 5.02 Å². The fraction of sp³-hybridized carbons (Fsp3) is 0.400. The van der Waals surface area contributed by atoms with Gasteiger partial charge < -0.3 is 15.6 Å². The summed E-state index contributed by atoms with van der Waals surface area (Å²) in [6.45, 7) is 5.48. The fourth-order valence-electron chi connectivity index (χ4n) is 1.71. The van der Waals surface area contributed by atoms with Crippen molar-refractivity contribution in [2.75, 3.05) is 13.1 Å². The van der Waals surface area contributed by atoms with Gasteiger partial charge in [0.05, 0.1) is 0 Å². The number of nitrogens with one attached hydrogen (secondary N) is 1. The van der Waals surface area contributed by atoms with Gasteiger partial charge in [0.15, 0.2) is 5.96 Å². The number of rotatable bonds is 6. The van der Waals surface area contributed by atoms with Gasteiger partial charge in [-0.3, -0.25) is 4.99 Å². The summed E-state index contributed by atoms with van der Waals surface area (Å²) in [4.78, 5) is 8.56. The largest absolute Gasteiger partial charge is 0.370 e. The number of hydrogen-bond donors (Lipinski definition) is 2. The zero-order valence-corrected chi connectivity index (χ0v) is 13.5. The molecule has 7 heteroatoms. The molecular formula is C15H20ClN5O. The lowest BCUT2D eigenvalue weighted by Gasteiger charge is -2.04. The molecule has 0 atom stereocenters. The highest BCUT2D eigenvalue weighted by Gasteiger charge is 2.08. The summed E-state index contributed by atoms with van der Waals surface area (Å²) in [6, 6.07) is 7.29. The van der Waals surface area contributed by atoms with Crippen molar-refractivity contribution < 1.29 is 4.52 Å². The van der Waals surface area contributed by atoms with Crippen LogP contribution in [0, 0.1) is 5.92 Å². The maximum atomic E-state index is 5.85. The van der Waals surface area contributed by atoms with Crippen LogP contribution in [-0.2, 0) is 6.42 Å². The maximum absolute atomic E-state index is 5.85. The van der Waals surface area contributed by atoms with E-state index in [1.165, 1.54) is 0 Å². The molecular weight excluding hydrogens is 302 g/mol. The molecule has 2 rings (SSSR count). The number of guanidine groups is 1. The van der Waals surface area contributed by atoms with E-state index < -0.39 is 0 Å². The van der Waals surface area contributed by atoms with Crippen LogP contribution in [0.25, 0.3) is 11.4 Å². The van der Waals surface area contributed by atoms with E-state index in [9.17, 15) is 0 Å². The Morgan fingerprint density at radius 3 is 2.77 bits per heavy atom. The summed E-state index contributed by atoms with van der Waals surface area (Å²) in [7, 11) is 0. The number of aromatic nitrogens is 2. The molecule has 2 aromatic rings. The summed E-state index contributed by atoms with van der Waals surface area (Å²) in [6.07, 6.45) is 0.582. The van der Waals surface area contributed by atoms with Crippen LogP contribution in [0.4, 0.5) is 0 Å². The van der Waals surface area contributed by atoms with Crippen LogP contribution in [0.15, 0.2) is 33.8 Å². The van der Waals surface area contributed by atoms with Gasteiger partial charge in [0.25, 0.3) is 0 Å². The van der Waals surface area contributed by atoms with Crippen LogP contribution in [0.1, 0.15) is 19.7 Å². The average molecular weight is 322 g/mol. The van der Waals surface area contributed by atoms with Crippen molar-refractivity contribution in [3.05, 3.63) is 35.2 Å². The van der Waals surface area contributed by atoms with Crippen molar-refractivity contribution in [3.8, 4) is 11.4 Å². The molecule has 0 fully saturated rings. The maximum Gasteiger partial charge on any atom is 0.228 e. The van der Waals surface area contributed by atoms with Crippen molar-refractivity contribution in [2.45, 2.75) is 20.3 Å². The van der Waals surface area contributed by atoms with Crippen LogP contribution in [0.5, 0.6) is 0 Å². The molecule has 22 heavy (non-hydrogen) atoms. The highest BCUT2D eigenvalue weighted by Crippen LogP contribution is 2.18. The minimum Gasteiger partial charge on any atom is -0.370 e. The van der Waals surface area contributed by atoms with Crippen LogP contribution >= 0.6 is 11.6 Å². The lowest BCUT2D eigenvalue weighted by Crippen LogP contribution is -2.33. The molecule has 0 unspecified atom stereocenters. The number of hydrogen-bond acceptors (Lipinski definition) is 4. The molecule has 1 aromatic heterocycles. The summed E-state index contributed by atoms with van der Waals surface area (Å²) < 4.78 is 5.21. The van der Waals surface area contributed by atoms with Gasteiger partial charge in [0.2, 0.25) is 11.7 Å². The molecule has 0 aliphatic rings. The molecule has 0 saturated carbocycles. The summed E-state index contributed by atoms with van der Waals surface area (Å²) in [5.41, 5.74) is 6.62. The lowest BCUT2D eigenvalue weighted by molar-refractivity contribution is 0.379. The third-order valence-electron chi connectivity index (χ3n) is 2.84. The highest BCUT2D eigenvalue weighted by atomic mass is 35.5. The molecule has 0 aliphatic heterocycles. The first-order valence-electron chi connectivity index (χ1n) is 7.17. The molecule has 6 nitrogen and oxygen atoms in total. The fourth-order valence-corrected chi connectivity index (χ4v) is 1.83. The monoisotopic (exact) mass is 321 g/mol. The van der Waals surface area contributed by atoms with Gasteiger partial charge in [-0.2, -0.15) is 4.98 Å². The number of aliphatic imine (C=N–C) groups is 1. The smallest absolute Gasteiger partial charge is 0.228 e. The lowest BCUT2D eigenvalue weighted by atomic mass is 10.2. The molecule has 0 amide bonds. The Morgan fingerprint density at radius 2 is 2.09 bits per heavy atom. The van der Waals surface area contributed by atoms with Crippen molar-refractivity contribution in [2.24, 2.45) is 16.6 Å². The SMILES string of the molecule is CC(C)CN=C(N)NCCc1nc(-c2ccc(Cl)cc2)no1. The third kappa shape index (κ3) is 5.04. The zero-order valence-electron chi connectivity index (χ0n) is 12.7. The predicted octanol–water partition coefficient (Wildman–Crippen LogP) is 2.49. The van der Waals surface area contributed by atoms with E-state index in [2.05, 4.69) is 34.3 Å². The summed E-state index contributed by atoms with van der Waals surface area (Å²) in [5, 5.41) is 7.65. The third-order valence-corrected chi connectivity index (χ3v) is 3.09. The van der Waals surface area contributed by atoms with E-state index in [1.54, 1.807) is 12.1 Å². The molecule has 0 spiro atoms. The van der Waals surface area contributed by atoms with Crippen molar-refractivity contribution in [3.63, 3.8) is 0 Å². The Labute approximate surface area is 134 Å². The molecule has 0 saturated heterocycles. The molecule has 0 aliphatic carbocycles. The van der Waals surface area contributed by atoms with E-state index in [0.717, 1.165) is 5.56 Å². The molecule has 3 N–H and O–H groups in total. The molecule has 0 bridgehead atoms. The first-order chi connectivity index (χ1) is 10.5. The highest BCUT2D eigenvalue weighted by molar-refractivity contribution is 6.30.